The molecule has 0 atom stereocenters. The van der Waals surface area contributed by atoms with Crippen molar-refractivity contribution in [3.05, 3.63) is 28.4 Å². The van der Waals surface area contributed by atoms with Gasteiger partial charge >= 0.3 is 11.8 Å². The minimum Gasteiger partial charge on any atom is -0.474 e. The van der Waals surface area contributed by atoms with Crippen LogP contribution in [0.5, 0.6) is 5.75 Å². The molecule has 0 amide bonds. The zero-order valence-corrected chi connectivity index (χ0v) is 11.4. The standard InChI is InChI=1S/C13H18N2O5/c1-2-3-4-5-9-19-12(16)10-20-11-7-6-8-14-13(11)15(17)18/h6-8H,2-5,9-10H2,1H3. The highest BCUT2D eigenvalue weighted by atomic mass is 16.6. The van der Waals surface area contributed by atoms with Crippen LogP contribution in [-0.4, -0.2) is 29.1 Å². The predicted octanol–water partition coefficient (Wildman–Crippen LogP) is 2.49. The summed E-state index contributed by atoms with van der Waals surface area (Å²) in [5, 5.41) is 10.7. The summed E-state index contributed by atoms with van der Waals surface area (Å²) in [7, 11) is 0. The average molecular weight is 282 g/mol. The van der Waals surface area contributed by atoms with E-state index in [2.05, 4.69) is 11.9 Å². The molecule has 20 heavy (non-hydrogen) atoms. The van der Waals surface area contributed by atoms with Crippen LogP contribution in [0, 0.1) is 10.1 Å². The molecular weight excluding hydrogens is 264 g/mol. The highest BCUT2D eigenvalue weighted by Gasteiger charge is 2.16. The van der Waals surface area contributed by atoms with Gasteiger partial charge < -0.3 is 19.6 Å². The molecule has 0 saturated carbocycles. The first kappa shape index (κ1) is 15.9. The Balaban J connectivity index is 2.32. The number of nitrogens with zero attached hydrogens (tertiary/aromatic N) is 2. The van der Waals surface area contributed by atoms with Crippen molar-refractivity contribution >= 4 is 11.8 Å². The molecule has 7 heteroatoms. The Hall–Kier alpha value is -2.18. The van der Waals surface area contributed by atoms with Gasteiger partial charge in [0.25, 0.3) is 0 Å². The van der Waals surface area contributed by atoms with Crippen molar-refractivity contribution in [3.63, 3.8) is 0 Å². The lowest BCUT2D eigenvalue weighted by Crippen LogP contribution is -2.16. The third-order valence-electron chi connectivity index (χ3n) is 2.53. The summed E-state index contributed by atoms with van der Waals surface area (Å²) in [6.07, 6.45) is 5.33. The van der Waals surface area contributed by atoms with Crippen molar-refractivity contribution in [2.75, 3.05) is 13.2 Å². The minimum absolute atomic E-state index is 0.0413. The van der Waals surface area contributed by atoms with Crippen molar-refractivity contribution in [3.8, 4) is 5.75 Å². The van der Waals surface area contributed by atoms with Crippen LogP contribution in [-0.2, 0) is 9.53 Å². The highest BCUT2D eigenvalue weighted by molar-refractivity contribution is 5.71. The Kier molecular flexibility index (Phi) is 7.02. The fourth-order valence-electron chi connectivity index (χ4n) is 1.53. The number of nitro groups is 1. The molecule has 1 aromatic rings. The Morgan fingerprint density at radius 3 is 2.90 bits per heavy atom. The normalized spacial score (nSPS) is 10.1. The maximum Gasteiger partial charge on any atom is 0.406 e. The van der Waals surface area contributed by atoms with Gasteiger partial charge in [-0.15, -0.1) is 0 Å². The Bertz CT molecular complexity index is 450. The summed E-state index contributed by atoms with van der Waals surface area (Å²) >= 11 is 0. The molecule has 7 nitrogen and oxygen atoms in total. The van der Waals surface area contributed by atoms with Gasteiger partial charge in [0, 0.05) is 0 Å². The molecule has 1 heterocycles. The van der Waals surface area contributed by atoms with Crippen LogP contribution >= 0.6 is 0 Å². The Morgan fingerprint density at radius 2 is 2.20 bits per heavy atom. The van der Waals surface area contributed by atoms with E-state index < -0.39 is 16.7 Å². The van der Waals surface area contributed by atoms with Crippen LogP contribution in [0.25, 0.3) is 0 Å². The fourth-order valence-corrected chi connectivity index (χ4v) is 1.53. The fraction of sp³-hybridized carbons (Fsp3) is 0.538. The Morgan fingerprint density at radius 1 is 1.40 bits per heavy atom. The first-order chi connectivity index (χ1) is 9.65. The molecule has 1 aromatic heterocycles. The number of carbonyl (C=O) groups excluding carboxylic acids is 1. The highest BCUT2D eigenvalue weighted by Crippen LogP contribution is 2.22. The van der Waals surface area contributed by atoms with Gasteiger partial charge in [-0.1, -0.05) is 26.2 Å². The van der Waals surface area contributed by atoms with Crippen LogP contribution in [0.15, 0.2) is 18.3 Å². The number of hydrogen-bond acceptors (Lipinski definition) is 6. The van der Waals surface area contributed by atoms with Gasteiger partial charge in [0.15, 0.2) is 6.61 Å². The average Bonchev–Trinajstić information content (AvgIpc) is 2.45. The smallest absolute Gasteiger partial charge is 0.406 e. The minimum atomic E-state index is -0.661. The van der Waals surface area contributed by atoms with Gasteiger partial charge in [-0.2, -0.15) is 0 Å². The summed E-state index contributed by atoms with van der Waals surface area (Å²) in [6.45, 7) is 2.08. The van der Waals surface area contributed by atoms with Crippen molar-refractivity contribution in [2.24, 2.45) is 0 Å². The number of aromatic nitrogens is 1. The van der Waals surface area contributed by atoms with Crippen molar-refractivity contribution in [1.82, 2.24) is 4.98 Å². The van der Waals surface area contributed by atoms with Gasteiger partial charge in [-0.05, 0) is 28.5 Å². The molecule has 1 rings (SSSR count). The number of pyridine rings is 1. The number of hydrogen-bond donors (Lipinski definition) is 0. The van der Waals surface area contributed by atoms with E-state index in [9.17, 15) is 14.9 Å². The van der Waals surface area contributed by atoms with Crippen molar-refractivity contribution < 1.29 is 19.2 Å². The van der Waals surface area contributed by atoms with E-state index in [0.717, 1.165) is 25.7 Å². The van der Waals surface area contributed by atoms with Crippen LogP contribution in [0.1, 0.15) is 32.6 Å². The molecule has 0 bridgehead atoms. The topological polar surface area (TPSA) is 91.6 Å². The number of rotatable bonds is 9. The van der Waals surface area contributed by atoms with E-state index in [1.807, 2.05) is 0 Å². The molecule has 0 aliphatic heterocycles. The maximum atomic E-state index is 11.4. The second kappa shape index (κ2) is 8.84. The lowest BCUT2D eigenvalue weighted by Gasteiger charge is -2.06. The molecule has 0 spiro atoms. The molecule has 0 N–H and O–H groups in total. The van der Waals surface area contributed by atoms with Crippen LogP contribution < -0.4 is 4.74 Å². The van der Waals surface area contributed by atoms with Crippen LogP contribution in [0.2, 0.25) is 0 Å². The zero-order chi connectivity index (χ0) is 14.8. The van der Waals surface area contributed by atoms with E-state index >= 15 is 0 Å². The summed E-state index contributed by atoms with van der Waals surface area (Å²) in [5.74, 6) is -0.997. The molecular formula is C13H18N2O5. The van der Waals surface area contributed by atoms with Crippen LogP contribution in [0.4, 0.5) is 5.82 Å². The molecule has 0 aliphatic rings. The monoisotopic (exact) mass is 282 g/mol. The zero-order valence-electron chi connectivity index (χ0n) is 11.4. The van der Waals surface area contributed by atoms with Crippen molar-refractivity contribution in [1.29, 1.82) is 0 Å². The third kappa shape index (κ3) is 5.64. The van der Waals surface area contributed by atoms with E-state index in [1.54, 1.807) is 0 Å². The van der Waals surface area contributed by atoms with E-state index in [0.29, 0.717) is 6.61 Å². The number of unbranched alkanes of at least 4 members (excludes halogenated alkanes) is 3. The quantitative estimate of drug-likeness (QED) is 0.299. The molecule has 0 unspecified atom stereocenters. The second-order valence-corrected chi connectivity index (χ2v) is 4.15. The third-order valence-corrected chi connectivity index (χ3v) is 2.53. The number of esters is 1. The lowest BCUT2D eigenvalue weighted by atomic mass is 10.2. The molecule has 0 fully saturated rings. The van der Waals surface area contributed by atoms with Crippen molar-refractivity contribution in [2.45, 2.75) is 32.6 Å². The molecule has 0 saturated heterocycles. The van der Waals surface area contributed by atoms with Gasteiger partial charge in [0.1, 0.15) is 6.20 Å². The van der Waals surface area contributed by atoms with E-state index in [-0.39, 0.29) is 12.4 Å². The Labute approximate surface area is 117 Å². The SMILES string of the molecule is CCCCCCOC(=O)COc1cccnc1[N+](=O)[O-]. The number of ether oxygens (including phenoxy) is 2. The summed E-state index contributed by atoms with van der Waals surface area (Å²) in [4.78, 5) is 25.0. The molecule has 0 aliphatic carbocycles. The predicted molar refractivity (Wildman–Crippen MR) is 71.5 cm³/mol. The van der Waals surface area contributed by atoms with Crippen LogP contribution in [0.3, 0.4) is 0 Å². The van der Waals surface area contributed by atoms with Gasteiger partial charge in [-0.25, -0.2) is 4.79 Å². The molecule has 110 valence electrons. The van der Waals surface area contributed by atoms with E-state index in [1.165, 1.54) is 18.3 Å². The molecule has 0 aromatic carbocycles. The lowest BCUT2D eigenvalue weighted by molar-refractivity contribution is -0.390. The first-order valence-corrected chi connectivity index (χ1v) is 6.53. The second-order valence-electron chi connectivity index (χ2n) is 4.15. The van der Waals surface area contributed by atoms with Gasteiger partial charge in [0.2, 0.25) is 5.75 Å². The first-order valence-electron chi connectivity index (χ1n) is 6.53. The van der Waals surface area contributed by atoms with Gasteiger partial charge in [-0.3, -0.25) is 0 Å². The molecule has 0 radical (unpaired) electrons. The summed E-state index contributed by atoms with van der Waals surface area (Å²) in [6, 6.07) is 2.89. The van der Waals surface area contributed by atoms with E-state index in [4.69, 9.17) is 9.47 Å². The van der Waals surface area contributed by atoms with Gasteiger partial charge in [0.05, 0.1) is 6.61 Å². The largest absolute Gasteiger partial charge is 0.474 e. The maximum absolute atomic E-state index is 11.4. The summed E-state index contributed by atoms with van der Waals surface area (Å²) < 4.78 is 10.0. The summed E-state index contributed by atoms with van der Waals surface area (Å²) in [5.41, 5.74) is 0. The number of carbonyl (C=O) groups is 1.